The van der Waals surface area contributed by atoms with Gasteiger partial charge in [-0.2, -0.15) is 0 Å². The van der Waals surface area contributed by atoms with Crippen LogP contribution in [0.2, 0.25) is 0 Å². The van der Waals surface area contributed by atoms with E-state index in [9.17, 15) is 9.59 Å². The van der Waals surface area contributed by atoms with Crippen LogP contribution in [-0.2, 0) is 0 Å². The van der Waals surface area contributed by atoms with Gasteiger partial charge in [-0.1, -0.05) is 30.3 Å². The molecule has 1 aliphatic rings. The summed E-state index contributed by atoms with van der Waals surface area (Å²) >= 11 is 0. The largest absolute Gasteiger partial charge is 0.372 e. The highest BCUT2D eigenvalue weighted by Crippen LogP contribution is 2.27. The molecule has 160 valence electrons. The van der Waals surface area contributed by atoms with Crippen molar-refractivity contribution in [1.82, 2.24) is 4.98 Å². The fourth-order valence-electron chi connectivity index (χ4n) is 4.36. The molecule has 2 heterocycles. The zero-order chi connectivity index (χ0) is 21.9. The van der Waals surface area contributed by atoms with Gasteiger partial charge >= 0.3 is 0 Å². The molecule has 4 aromatic rings. The van der Waals surface area contributed by atoms with Crippen molar-refractivity contribution in [3.05, 3.63) is 94.9 Å². The fraction of sp³-hybridized carbons (Fsp3) is 0.185. The third-order valence-corrected chi connectivity index (χ3v) is 6.11. The number of carbonyl (C=O) groups excluding carboxylic acids is 1. The van der Waals surface area contributed by atoms with Crippen molar-refractivity contribution >= 4 is 28.1 Å². The minimum absolute atomic E-state index is 0.0976. The second kappa shape index (κ2) is 8.71. The molecule has 0 aliphatic carbocycles. The molecule has 1 aliphatic heterocycles. The summed E-state index contributed by atoms with van der Waals surface area (Å²) in [6.07, 6.45) is 5.50. The molecule has 5 rings (SSSR count). The second-order valence-electron chi connectivity index (χ2n) is 8.20. The Hall–Kier alpha value is -3.86. The molecule has 0 bridgehead atoms. The van der Waals surface area contributed by atoms with Gasteiger partial charge in [0.2, 0.25) is 0 Å². The summed E-state index contributed by atoms with van der Waals surface area (Å²) in [7, 11) is 0. The van der Waals surface area contributed by atoms with Gasteiger partial charge in [0.1, 0.15) is 0 Å². The molecule has 3 aromatic carbocycles. The first-order valence-corrected chi connectivity index (χ1v) is 11.1. The van der Waals surface area contributed by atoms with Crippen molar-refractivity contribution in [2.75, 3.05) is 23.3 Å². The van der Waals surface area contributed by atoms with E-state index in [0.29, 0.717) is 10.9 Å². The summed E-state index contributed by atoms with van der Waals surface area (Å²) in [5.41, 5.74) is 4.38. The number of carbonyl (C=O) groups is 1. The van der Waals surface area contributed by atoms with E-state index in [2.05, 4.69) is 15.2 Å². The van der Waals surface area contributed by atoms with Gasteiger partial charge in [-0.05, 0) is 72.7 Å². The zero-order valence-electron chi connectivity index (χ0n) is 17.8. The van der Waals surface area contributed by atoms with E-state index in [4.69, 9.17) is 0 Å². The van der Waals surface area contributed by atoms with Gasteiger partial charge in [0.05, 0.1) is 0 Å². The summed E-state index contributed by atoms with van der Waals surface area (Å²) in [4.78, 5) is 30.0. The monoisotopic (exact) mass is 423 g/mol. The van der Waals surface area contributed by atoms with Crippen LogP contribution in [0, 0.1) is 0 Å². The lowest BCUT2D eigenvalue weighted by Crippen LogP contribution is -2.29. The molecule has 5 heteroatoms. The summed E-state index contributed by atoms with van der Waals surface area (Å²) in [5, 5.41) is 4.54. The zero-order valence-corrected chi connectivity index (χ0v) is 17.8. The first-order chi connectivity index (χ1) is 15.7. The molecule has 1 fully saturated rings. The Morgan fingerprint density at radius 2 is 1.50 bits per heavy atom. The molecule has 0 atom stereocenters. The third-order valence-electron chi connectivity index (χ3n) is 6.11. The number of hydrogen-bond acceptors (Lipinski definition) is 3. The predicted molar refractivity (Wildman–Crippen MR) is 130 cm³/mol. The average Bonchev–Trinajstić information content (AvgIpc) is 2.86. The number of piperidine rings is 1. The number of nitrogens with one attached hydrogen (secondary N) is 2. The van der Waals surface area contributed by atoms with Crippen LogP contribution in [0.25, 0.3) is 21.9 Å². The Morgan fingerprint density at radius 1 is 0.812 bits per heavy atom. The van der Waals surface area contributed by atoms with Gasteiger partial charge in [-0.25, -0.2) is 0 Å². The van der Waals surface area contributed by atoms with Crippen molar-refractivity contribution in [3.8, 4) is 11.1 Å². The lowest BCUT2D eigenvalue weighted by molar-refractivity contribution is 0.102. The summed E-state index contributed by atoms with van der Waals surface area (Å²) < 4.78 is 0. The molecular weight excluding hydrogens is 398 g/mol. The third kappa shape index (κ3) is 4.02. The second-order valence-corrected chi connectivity index (χ2v) is 8.20. The van der Waals surface area contributed by atoms with Crippen molar-refractivity contribution in [2.24, 2.45) is 0 Å². The Kier molecular flexibility index (Phi) is 5.46. The number of nitrogens with zero attached hydrogens (tertiary/aromatic N) is 1. The molecule has 0 saturated carbocycles. The molecule has 32 heavy (non-hydrogen) atoms. The Morgan fingerprint density at radius 3 is 2.22 bits per heavy atom. The highest BCUT2D eigenvalue weighted by molar-refractivity contribution is 6.04. The molecule has 0 spiro atoms. The fourth-order valence-corrected chi connectivity index (χ4v) is 4.36. The Bertz CT molecular complexity index is 1300. The van der Waals surface area contributed by atoms with Crippen LogP contribution in [0.5, 0.6) is 0 Å². The van der Waals surface area contributed by atoms with Crippen molar-refractivity contribution in [2.45, 2.75) is 19.3 Å². The van der Waals surface area contributed by atoms with E-state index in [-0.39, 0.29) is 11.5 Å². The molecule has 0 unspecified atom stereocenters. The van der Waals surface area contributed by atoms with Crippen LogP contribution < -0.4 is 15.8 Å². The number of hydrogen-bond donors (Lipinski definition) is 2. The number of aromatic amines is 1. The lowest BCUT2D eigenvalue weighted by Gasteiger charge is -2.28. The number of amides is 1. The van der Waals surface area contributed by atoms with Gasteiger partial charge in [0.25, 0.3) is 11.5 Å². The van der Waals surface area contributed by atoms with Crippen LogP contribution in [0.4, 0.5) is 11.4 Å². The summed E-state index contributed by atoms with van der Waals surface area (Å²) in [6, 6.07) is 23.1. The number of fused-ring (bicyclic) bond motifs is 1. The maximum atomic E-state index is 12.7. The first-order valence-electron chi connectivity index (χ1n) is 11.1. The number of rotatable bonds is 4. The number of benzene rings is 3. The van der Waals surface area contributed by atoms with Gasteiger partial charge < -0.3 is 15.2 Å². The minimum atomic E-state index is -0.127. The van der Waals surface area contributed by atoms with Crippen LogP contribution in [-0.4, -0.2) is 24.0 Å². The van der Waals surface area contributed by atoms with E-state index >= 15 is 0 Å². The van der Waals surface area contributed by atoms with Crippen LogP contribution >= 0.6 is 0 Å². The van der Waals surface area contributed by atoms with Gasteiger partial charge in [-0.3, -0.25) is 9.59 Å². The molecule has 5 nitrogen and oxygen atoms in total. The van der Waals surface area contributed by atoms with E-state index in [1.165, 1.54) is 24.9 Å². The molecule has 2 N–H and O–H groups in total. The van der Waals surface area contributed by atoms with E-state index in [0.717, 1.165) is 35.3 Å². The maximum absolute atomic E-state index is 12.7. The van der Waals surface area contributed by atoms with Crippen LogP contribution in [0.3, 0.4) is 0 Å². The molecule has 1 saturated heterocycles. The summed E-state index contributed by atoms with van der Waals surface area (Å²) in [5.74, 6) is -0.127. The predicted octanol–water partition coefficient (Wildman–Crippen LogP) is 5.44. The number of anilines is 2. The molecule has 0 radical (unpaired) electrons. The Labute approximate surface area is 186 Å². The maximum Gasteiger partial charge on any atom is 0.255 e. The standard InChI is InChI=1S/C27H25N3O2/c31-26(20-10-14-22(15-11-20)30-16-4-1-5-17-30)29-21-12-8-19(9-13-21)25-18-28-27(32)24-7-3-2-6-23(24)25/h2-3,6-15,18H,1,4-5,16-17H2,(H,28,32)(H,29,31). The van der Waals surface area contributed by atoms with Gasteiger partial charge in [-0.15, -0.1) is 0 Å². The smallest absolute Gasteiger partial charge is 0.255 e. The van der Waals surface area contributed by atoms with Crippen molar-refractivity contribution in [1.29, 1.82) is 0 Å². The number of H-pyrrole nitrogens is 1. The van der Waals surface area contributed by atoms with E-state index in [1.54, 1.807) is 6.20 Å². The minimum Gasteiger partial charge on any atom is -0.372 e. The Balaban J connectivity index is 1.31. The number of aromatic nitrogens is 1. The van der Waals surface area contributed by atoms with Crippen molar-refractivity contribution in [3.63, 3.8) is 0 Å². The van der Waals surface area contributed by atoms with E-state index < -0.39 is 0 Å². The highest BCUT2D eigenvalue weighted by atomic mass is 16.1. The quantitative estimate of drug-likeness (QED) is 0.459. The SMILES string of the molecule is O=C(Nc1ccc(-c2c[nH]c(=O)c3ccccc23)cc1)c1ccc(N2CCCCC2)cc1. The first kappa shape index (κ1) is 20.1. The van der Waals surface area contributed by atoms with Crippen LogP contribution in [0.15, 0.2) is 83.8 Å². The summed E-state index contributed by atoms with van der Waals surface area (Å²) in [6.45, 7) is 2.17. The topological polar surface area (TPSA) is 65.2 Å². The molecule has 1 aromatic heterocycles. The van der Waals surface area contributed by atoms with Crippen molar-refractivity contribution < 1.29 is 4.79 Å². The number of pyridine rings is 1. The van der Waals surface area contributed by atoms with Gasteiger partial charge in [0.15, 0.2) is 0 Å². The molecular formula is C27H25N3O2. The van der Waals surface area contributed by atoms with Gasteiger partial charge in [0, 0.05) is 47.2 Å². The lowest BCUT2D eigenvalue weighted by atomic mass is 10.0. The van der Waals surface area contributed by atoms with Crippen LogP contribution in [0.1, 0.15) is 29.6 Å². The molecule has 1 amide bonds. The average molecular weight is 424 g/mol. The van der Waals surface area contributed by atoms with E-state index in [1.807, 2.05) is 72.8 Å². The highest BCUT2D eigenvalue weighted by Gasteiger charge is 2.12. The normalized spacial score (nSPS) is 13.8.